The van der Waals surface area contributed by atoms with Crippen LogP contribution in [0.3, 0.4) is 0 Å². The molecule has 1 heterocycles. The highest BCUT2D eigenvalue weighted by atomic mass is 35.5. The molecule has 0 bridgehead atoms. The lowest BCUT2D eigenvalue weighted by atomic mass is 10.4. The molecule has 10 heavy (non-hydrogen) atoms. The van der Waals surface area contributed by atoms with E-state index >= 15 is 0 Å². The molecule has 0 saturated heterocycles. The van der Waals surface area contributed by atoms with Gasteiger partial charge in [-0.2, -0.15) is 0 Å². The normalized spacial score (nSPS) is 12.2. The van der Waals surface area contributed by atoms with Crippen molar-refractivity contribution < 1.29 is 5.11 Å². The Morgan fingerprint density at radius 2 is 2.40 bits per heavy atom. The maximum atomic E-state index is 8.88. The Balaban J connectivity index is 0.000000810. The molecule has 1 aromatic heterocycles. The molecule has 0 aliphatic heterocycles. The second kappa shape index (κ2) is 4.30. The maximum Gasteiger partial charge on any atom is 0.0946 e. The molecule has 1 aromatic rings. The highest BCUT2D eigenvalue weighted by molar-refractivity contribution is 5.85. The second-order valence-electron chi connectivity index (χ2n) is 2.11. The Labute approximate surface area is 66.1 Å². The van der Waals surface area contributed by atoms with E-state index in [1.54, 1.807) is 19.4 Å². The minimum Gasteiger partial charge on any atom is -0.392 e. The zero-order valence-corrected chi connectivity index (χ0v) is 6.58. The van der Waals surface area contributed by atoms with E-state index in [0.717, 1.165) is 0 Å². The third-order valence-corrected chi connectivity index (χ3v) is 1.03. The number of rotatable bonds is 2. The summed E-state index contributed by atoms with van der Waals surface area (Å²) in [7, 11) is 0. The van der Waals surface area contributed by atoms with Crippen LogP contribution in [0.4, 0.5) is 0 Å². The molecule has 0 radical (unpaired) electrons. The van der Waals surface area contributed by atoms with Gasteiger partial charge in [-0.25, -0.2) is 4.98 Å². The van der Waals surface area contributed by atoms with Crippen molar-refractivity contribution in [2.75, 3.05) is 0 Å². The Hall–Kier alpha value is -0.540. The molecule has 0 fully saturated rings. The topological polar surface area (TPSA) is 38.0 Å². The van der Waals surface area contributed by atoms with Gasteiger partial charge >= 0.3 is 0 Å². The smallest absolute Gasteiger partial charge is 0.0946 e. The van der Waals surface area contributed by atoms with Gasteiger partial charge in [-0.1, -0.05) is 0 Å². The van der Waals surface area contributed by atoms with E-state index in [1.807, 2.05) is 10.8 Å². The highest BCUT2D eigenvalue weighted by Crippen LogP contribution is 1.89. The van der Waals surface area contributed by atoms with Crippen molar-refractivity contribution in [2.24, 2.45) is 0 Å². The SMILES string of the molecule is C[C@H](O)Cn1ccnc1.Cl. The third kappa shape index (κ3) is 2.85. The molecule has 0 spiro atoms. The van der Waals surface area contributed by atoms with E-state index in [-0.39, 0.29) is 18.5 Å². The third-order valence-electron chi connectivity index (χ3n) is 1.03. The minimum atomic E-state index is -0.292. The molecule has 1 rings (SSSR count). The van der Waals surface area contributed by atoms with Gasteiger partial charge in [0.25, 0.3) is 0 Å². The van der Waals surface area contributed by atoms with E-state index in [4.69, 9.17) is 5.11 Å². The van der Waals surface area contributed by atoms with Gasteiger partial charge in [-0.15, -0.1) is 12.4 Å². The molecule has 0 aliphatic carbocycles. The van der Waals surface area contributed by atoms with E-state index in [2.05, 4.69) is 4.98 Å². The largest absolute Gasteiger partial charge is 0.392 e. The number of halogens is 1. The summed E-state index contributed by atoms with van der Waals surface area (Å²) in [5.41, 5.74) is 0. The van der Waals surface area contributed by atoms with Crippen molar-refractivity contribution in [2.45, 2.75) is 19.6 Å². The van der Waals surface area contributed by atoms with Gasteiger partial charge in [0.1, 0.15) is 0 Å². The van der Waals surface area contributed by atoms with Gasteiger partial charge in [0.05, 0.1) is 12.4 Å². The molecule has 4 heteroatoms. The van der Waals surface area contributed by atoms with Crippen LogP contribution in [0.5, 0.6) is 0 Å². The van der Waals surface area contributed by atoms with Gasteiger partial charge in [0, 0.05) is 18.9 Å². The Morgan fingerprint density at radius 1 is 1.70 bits per heavy atom. The Morgan fingerprint density at radius 3 is 2.80 bits per heavy atom. The first-order chi connectivity index (χ1) is 4.29. The van der Waals surface area contributed by atoms with Crippen molar-refractivity contribution in [3.05, 3.63) is 18.7 Å². The molecular formula is C6H11ClN2O. The van der Waals surface area contributed by atoms with Gasteiger partial charge in [0.2, 0.25) is 0 Å². The lowest BCUT2D eigenvalue weighted by molar-refractivity contribution is 0.173. The van der Waals surface area contributed by atoms with Crippen LogP contribution in [0.25, 0.3) is 0 Å². The van der Waals surface area contributed by atoms with Crippen LogP contribution in [0.15, 0.2) is 18.7 Å². The van der Waals surface area contributed by atoms with E-state index < -0.39 is 0 Å². The summed E-state index contributed by atoms with van der Waals surface area (Å²) in [5, 5.41) is 8.88. The van der Waals surface area contributed by atoms with Crippen molar-refractivity contribution in [3.63, 3.8) is 0 Å². The Kier molecular flexibility index (Phi) is 4.07. The van der Waals surface area contributed by atoms with Crippen LogP contribution in [-0.4, -0.2) is 20.8 Å². The fourth-order valence-electron chi connectivity index (χ4n) is 0.700. The number of aromatic nitrogens is 2. The van der Waals surface area contributed by atoms with E-state index in [0.29, 0.717) is 6.54 Å². The van der Waals surface area contributed by atoms with Crippen LogP contribution >= 0.6 is 12.4 Å². The van der Waals surface area contributed by atoms with Crippen LogP contribution in [-0.2, 0) is 6.54 Å². The molecule has 1 atom stereocenters. The number of aliphatic hydroxyl groups excluding tert-OH is 1. The summed E-state index contributed by atoms with van der Waals surface area (Å²) in [6.07, 6.45) is 4.92. The standard InChI is InChI=1S/C6H10N2O.ClH/c1-6(9)4-8-3-2-7-5-8;/h2-3,5-6,9H,4H2,1H3;1H/t6-;/m0./s1. The second-order valence-corrected chi connectivity index (χ2v) is 2.11. The summed E-state index contributed by atoms with van der Waals surface area (Å²) in [6, 6.07) is 0. The van der Waals surface area contributed by atoms with Gasteiger partial charge in [-0.05, 0) is 6.92 Å². The van der Waals surface area contributed by atoms with Crippen LogP contribution < -0.4 is 0 Å². The average Bonchev–Trinajstić information content (AvgIpc) is 2.15. The van der Waals surface area contributed by atoms with Crippen molar-refractivity contribution in [1.82, 2.24) is 9.55 Å². The lowest BCUT2D eigenvalue weighted by Gasteiger charge is -2.02. The summed E-state index contributed by atoms with van der Waals surface area (Å²) in [6.45, 7) is 2.38. The first-order valence-electron chi connectivity index (χ1n) is 2.93. The first-order valence-corrected chi connectivity index (χ1v) is 2.93. The average molecular weight is 163 g/mol. The predicted octanol–water partition coefficient (Wildman–Crippen LogP) is 0.686. The Bertz CT molecular complexity index is 162. The molecule has 0 saturated carbocycles. The van der Waals surface area contributed by atoms with Crippen molar-refractivity contribution >= 4 is 12.4 Å². The number of hydrogen-bond acceptors (Lipinski definition) is 2. The molecule has 0 amide bonds. The molecule has 0 aliphatic rings. The molecule has 0 aromatic carbocycles. The summed E-state index contributed by atoms with van der Waals surface area (Å²) < 4.78 is 1.84. The van der Waals surface area contributed by atoms with Gasteiger partial charge in [-0.3, -0.25) is 0 Å². The van der Waals surface area contributed by atoms with E-state index in [1.165, 1.54) is 0 Å². The fraction of sp³-hybridized carbons (Fsp3) is 0.500. The van der Waals surface area contributed by atoms with Crippen molar-refractivity contribution in [3.8, 4) is 0 Å². The zero-order chi connectivity index (χ0) is 6.69. The maximum absolute atomic E-state index is 8.88. The molecule has 3 nitrogen and oxygen atoms in total. The highest BCUT2D eigenvalue weighted by Gasteiger charge is 1.93. The number of hydrogen-bond donors (Lipinski definition) is 1. The first kappa shape index (κ1) is 9.46. The zero-order valence-electron chi connectivity index (χ0n) is 5.77. The number of nitrogens with zero attached hydrogens (tertiary/aromatic N) is 2. The van der Waals surface area contributed by atoms with Crippen LogP contribution in [0, 0.1) is 0 Å². The van der Waals surface area contributed by atoms with E-state index in [9.17, 15) is 0 Å². The molecule has 1 N–H and O–H groups in total. The van der Waals surface area contributed by atoms with Gasteiger partial charge < -0.3 is 9.67 Å². The lowest BCUT2D eigenvalue weighted by Crippen LogP contribution is -2.09. The molecule has 58 valence electrons. The van der Waals surface area contributed by atoms with Crippen LogP contribution in [0.1, 0.15) is 6.92 Å². The quantitative estimate of drug-likeness (QED) is 0.695. The fourth-order valence-corrected chi connectivity index (χ4v) is 0.700. The monoisotopic (exact) mass is 162 g/mol. The number of aliphatic hydroxyl groups is 1. The molecular weight excluding hydrogens is 152 g/mol. The predicted molar refractivity (Wildman–Crippen MR) is 41.2 cm³/mol. The number of imidazole rings is 1. The van der Waals surface area contributed by atoms with Crippen molar-refractivity contribution in [1.29, 1.82) is 0 Å². The minimum absolute atomic E-state index is 0. The summed E-state index contributed by atoms with van der Waals surface area (Å²) in [5.74, 6) is 0. The van der Waals surface area contributed by atoms with Gasteiger partial charge in [0.15, 0.2) is 0 Å². The summed E-state index contributed by atoms with van der Waals surface area (Å²) >= 11 is 0. The van der Waals surface area contributed by atoms with Crippen LogP contribution in [0.2, 0.25) is 0 Å². The molecule has 0 unspecified atom stereocenters. The summed E-state index contributed by atoms with van der Waals surface area (Å²) in [4.78, 5) is 3.83.